The van der Waals surface area contributed by atoms with E-state index in [9.17, 15) is 0 Å². The van der Waals surface area contributed by atoms with E-state index in [0.717, 1.165) is 30.8 Å². The van der Waals surface area contributed by atoms with E-state index in [2.05, 4.69) is 26.1 Å². The normalized spacial score (nSPS) is 29.6. The minimum Gasteiger partial charge on any atom is -0.316 e. The third kappa shape index (κ3) is 3.03. The van der Waals surface area contributed by atoms with E-state index in [1.807, 2.05) is 11.3 Å². The number of aromatic nitrogens is 1. The summed E-state index contributed by atoms with van der Waals surface area (Å²) < 4.78 is 0. The summed E-state index contributed by atoms with van der Waals surface area (Å²) in [6, 6.07) is 0. The topological polar surface area (TPSA) is 24.9 Å². The van der Waals surface area contributed by atoms with E-state index in [0.29, 0.717) is 5.92 Å². The summed E-state index contributed by atoms with van der Waals surface area (Å²) in [6.45, 7) is 9.15. The average molecular weight is 278 g/mol. The molecule has 1 aromatic rings. The van der Waals surface area contributed by atoms with Gasteiger partial charge in [-0.05, 0) is 44.1 Å². The van der Waals surface area contributed by atoms with Crippen molar-refractivity contribution >= 4 is 11.3 Å². The Balaban J connectivity index is 1.67. The zero-order valence-corrected chi connectivity index (χ0v) is 13.2. The van der Waals surface area contributed by atoms with Gasteiger partial charge in [0.1, 0.15) is 0 Å². The van der Waals surface area contributed by atoms with Crippen molar-refractivity contribution in [2.45, 2.75) is 58.3 Å². The van der Waals surface area contributed by atoms with Crippen molar-refractivity contribution in [3.8, 4) is 0 Å². The highest BCUT2D eigenvalue weighted by atomic mass is 32.1. The second-order valence-electron chi connectivity index (χ2n) is 6.82. The summed E-state index contributed by atoms with van der Waals surface area (Å²) in [5.41, 5.74) is 1.45. The third-order valence-electron chi connectivity index (χ3n) is 4.46. The van der Waals surface area contributed by atoms with Crippen molar-refractivity contribution in [3.05, 3.63) is 15.6 Å². The molecule has 0 saturated heterocycles. The number of rotatable bonds is 5. The van der Waals surface area contributed by atoms with Crippen LogP contribution in [0, 0.1) is 11.8 Å². The molecule has 2 aliphatic rings. The van der Waals surface area contributed by atoms with E-state index in [4.69, 9.17) is 4.98 Å². The Morgan fingerprint density at radius 1 is 1.42 bits per heavy atom. The van der Waals surface area contributed by atoms with E-state index in [1.165, 1.54) is 36.4 Å². The van der Waals surface area contributed by atoms with Gasteiger partial charge < -0.3 is 5.32 Å². The van der Waals surface area contributed by atoms with Gasteiger partial charge in [-0.2, -0.15) is 0 Å². The van der Waals surface area contributed by atoms with Gasteiger partial charge in [0.25, 0.3) is 0 Å². The fourth-order valence-electron chi connectivity index (χ4n) is 3.10. The number of thiazole rings is 1. The smallest absolute Gasteiger partial charge is 0.0964 e. The minimum absolute atomic E-state index is 0.668. The van der Waals surface area contributed by atoms with E-state index in [1.54, 1.807) is 4.88 Å². The molecule has 0 spiro atoms. The van der Waals surface area contributed by atoms with Crippen LogP contribution in [0.4, 0.5) is 0 Å². The monoisotopic (exact) mass is 278 g/mol. The molecule has 3 heteroatoms. The van der Waals surface area contributed by atoms with Gasteiger partial charge >= 0.3 is 0 Å². The molecule has 2 nitrogen and oxygen atoms in total. The lowest BCUT2D eigenvalue weighted by Crippen LogP contribution is -2.27. The standard InChI is InChI=1S/C16H26N2S/c1-10(2)8-17-9-12-5-4-6-14-15(12)18-16(19-14)13-7-11(13)3/h10-13,17H,4-9H2,1-3H3. The van der Waals surface area contributed by atoms with Crippen molar-refractivity contribution in [3.63, 3.8) is 0 Å². The van der Waals surface area contributed by atoms with Crippen LogP contribution in [0.25, 0.3) is 0 Å². The molecule has 3 unspecified atom stereocenters. The van der Waals surface area contributed by atoms with Crippen molar-refractivity contribution in [2.24, 2.45) is 11.8 Å². The molecule has 0 amide bonds. The highest BCUT2D eigenvalue weighted by Crippen LogP contribution is 2.50. The molecule has 2 aliphatic carbocycles. The summed E-state index contributed by atoms with van der Waals surface area (Å²) >= 11 is 2.01. The quantitative estimate of drug-likeness (QED) is 0.882. The fraction of sp³-hybridized carbons (Fsp3) is 0.812. The second kappa shape index (κ2) is 5.53. The van der Waals surface area contributed by atoms with Crippen LogP contribution in [0.5, 0.6) is 0 Å². The molecule has 106 valence electrons. The predicted molar refractivity (Wildman–Crippen MR) is 82.0 cm³/mol. The lowest BCUT2D eigenvalue weighted by atomic mass is 9.91. The van der Waals surface area contributed by atoms with Gasteiger partial charge in [0.15, 0.2) is 0 Å². The van der Waals surface area contributed by atoms with Crippen molar-refractivity contribution in [1.29, 1.82) is 0 Å². The Morgan fingerprint density at radius 3 is 2.89 bits per heavy atom. The zero-order chi connectivity index (χ0) is 13.4. The maximum atomic E-state index is 5.02. The van der Waals surface area contributed by atoms with Crippen LogP contribution in [0.3, 0.4) is 0 Å². The SMILES string of the molecule is CC(C)CNCC1CCCc2sc(C3CC3C)nc21. The summed E-state index contributed by atoms with van der Waals surface area (Å²) in [5.74, 6) is 3.08. The molecule has 1 fully saturated rings. The Morgan fingerprint density at radius 2 is 2.21 bits per heavy atom. The maximum Gasteiger partial charge on any atom is 0.0964 e. The Labute approximate surface area is 121 Å². The highest BCUT2D eigenvalue weighted by Gasteiger charge is 2.38. The van der Waals surface area contributed by atoms with Gasteiger partial charge in [-0.15, -0.1) is 11.3 Å². The number of hydrogen-bond donors (Lipinski definition) is 1. The molecular formula is C16H26N2S. The molecule has 1 N–H and O–H groups in total. The van der Waals surface area contributed by atoms with Gasteiger partial charge in [0, 0.05) is 23.3 Å². The molecule has 3 rings (SSSR count). The Hall–Kier alpha value is -0.410. The lowest BCUT2D eigenvalue weighted by Gasteiger charge is -2.22. The molecule has 0 bridgehead atoms. The van der Waals surface area contributed by atoms with Gasteiger partial charge in [-0.25, -0.2) is 4.98 Å². The van der Waals surface area contributed by atoms with Crippen molar-refractivity contribution < 1.29 is 0 Å². The molecule has 0 radical (unpaired) electrons. The molecule has 0 aliphatic heterocycles. The Bertz CT molecular complexity index is 438. The van der Waals surface area contributed by atoms with Crippen LogP contribution in [-0.4, -0.2) is 18.1 Å². The van der Waals surface area contributed by atoms with Crippen molar-refractivity contribution in [2.75, 3.05) is 13.1 Å². The summed E-state index contributed by atoms with van der Waals surface area (Å²) in [7, 11) is 0. The van der Waals surface area contributed by atoms with Crippen LogP contribution < -0.4 is 5.32 Å². The summed E-state index contributed by atoms with van der Waals surface area (Å²) in [4.78, 5) is 6.62. The molecule has 1 saturated carbocycles. The number of hydrogen-bond acceptors (Lipinski definition) is 3. The highest BCUT2D eigenvalue weighted by molar-refractivity contribution is 7.11. The Kier molecular flexibility index (Phi) is 3.95. The summed E-state index contributed by atoms with van der Waals surface area (Å²) in [6.07, 6.45) is 5.31. The van der Waals surface area contributed by atoms with Crippen LogP contribution in [0.1, 0.15) is 67.4 Å². The lowest BCUT2D eigenvalue weighted by molar-refractivity contribution is 0.472. The first-order valence-electron chi connectivity index (χ1n) is 7.85. The summed E-state index contributed by atoms with van der Waals surface area (Å²) in [5, 5.41) is 5.06. The van der Waals surface area contributed by atoms with Crippen LogP contribution in [-0.2, 0) is 6.42 Å². The van der Waals surface area contributed by atoms with Crippen LogP contribution >= 0.6 is 11.3 Å². The number of aryl methyl sites for hydroxylation is 1. The largest absolute Gasteiger partial charge is 0.316 e. The fourth-order valence-corrected chi connectivity index (χ4v) is 4.54. The minimum atomic E-state index is 0.668. The van der Waals surface area contributed by atoms with Crippen LogP contribution in [0.15, 0.2) is 0 Å². The van der Waals surface area contributed by atoms with E-state index >= 15 is 0 Å². The molecule has 0 aromatic carbocycles. The average Bonchev–Trinajstić information content (AvgIpc) is 2.93. The number of nitrogens with zero attached hydrogens (tertiary/aromatic N) is 1. The second-order valence-corrected chi connectivity index (χ2v) is 7.94. The van der Waals surface area contributed by atoms with Gasteiger partial charge in [0.2, 0.25) is 0 Å². The number of nitrogens with one attached hydrogen (secondary N) is 1. The van der Waals surface area contributed by atoms with Gasteiger partial charge in [0.05, 0.1) is 10.7 Å². The first-order valence-corrected chi connectivity index (χ1v) is 8.67. The van der Waals surface area contributed by atoms with Crippen LogP contribution in [0.2, 0.25) is 0 Å². The predicted octanol–water partition coefficient (Wildman–Crippen LogP) is 3.93. The zero-order valence-electron chi connectivity index (χ0n) is 12.4. The van der Waals surface area contributed by atoms with Gasteiger partial charge in [-0.1, -0.05) is 20.8 Å². The molecule has 1 aromatic heterocycles. The maximum absolute atomic E-state index is 5.02. The molecular weight excluding hydrogens is 252 g/mol. The van der Waals surface area contributed by atoms with Gasteiger partial charge in [-0.3, -0.25) is 0 Å². The molecule has 3 atom stereocenters. The number of fused-ring (bicyclic) bond motifs is 1. The van der Waals surface area contributed by atoms with E-state index in [-0.39, 0.29) is 0 Å². The molecule has 1 heterocycles. The first kappa shape index (κ1) is 13.6. The molecule has 19 heavy (non-hydrogen) atoms. The van der Waals surface area contributed by atoms with Crippen molar-refractivity contribution in [1.82, 2.24) is 10.3 Å². The van der Waals surface area contributed by atoms with E-state index < -0.39 is 0 Å². The third-order valence-corrected chi connectivity index (χ3v) is 5.72. The first-order chi connectivity index (χ1) is 9.15.